The lowest BCUT2D eigenvalue weighted by atomic mass is 10.1. The van der Waals surface area contributed by atoms with E-state index in [2.05, 4.69) is 121 Å². The van der Waals surface area contributed by atoms with E-state index in [0.29, 0.717) is 0 Å². The first kappa shape index (κ1) is 26.2. The standard InChI is InChI=1S/C32H36P4/c1-2-4-18-28-34(30-21-11-6-12-22-30)36(32-25-15-8-16-26-32)35(31-23-13-7-14-24-31)33(27-17-3-1)29-19-9-5-10-20-29/h5-16,19-26H,1-4,17-18,27-28H2. The van der Waals surface area contributed by atoms with Gasteiger partial charge in [-0.1, -0.05) is 147 Å². The Labute approximate surface area is 222 Å². The Morgan fingerprint density at radius 3 is 0.917 bits per heavy atom. The molecule has 184 valence electrons. The minimum Gasteiger partial charge on any atom is -0.0622 e. The highest BCUT2D eigenvalue weighted by molar-refractivity contribution is 8.81. The molecule has 0 radical (unpaired) electrons. The normalized spacial score (nSPS) is 23.8. The van der Waals surface area contributed by atoms with Gasteiger partial charge in [-0.25, -0.2) is 0 Å². The molecule has 1 aliphatic rings. The second kappa shape index (κ2) is 13.9. The van der Waals surface area contributed by atoms with Gasteiger partial charge in [-0.15, -0.1) is 0 Å². The minimum absolute atomic E-state index is 0.270. The van der Waals surface area contributed by atoms with Crippen molar-refractivity contribution < 1.29 is 0 Å². The van der Waals surface area contributed by atoms with E-state index in [-0.39, 0.29) is 29.8 Å². The van der Waals surface area contributed by atoms with Gasteiger partial charge in [-0.05, 0) is 76.2 Å². The molecule has 0 saturated carbocycles. The lowest BCUT2D eigenvalue weighted by molar-refractivity contribution is 0.628. The van der Waals surface area contributed by atoms with E-state index < -0.39 is 0 Å². The summed E-state index contributed by atoms with van der Waals surface area (Å²) in [6.45, 7) is 0. The molecule has 4 aromatic carbocycles. The number of hydrogen-bond acceptors (Lipinski definition) is 0. The third-order valence-electron chi connectivity index (χ3n) is 6.71. The molecule has 4 aromatic rings. The van der Waals surface area contributed by atoms with Gasteiger partial charge in [0.05, 0.1) is 0 Å². The van der Waals surface area contributed by atoms with Crippen LogP contribution in [0.15, 0.2) is 121 Å². The monoisotopic (exact) mass is 544 g/mol. The summed E-state index contributed by atoms with van der Waals surface area (Å²) in [6.07, 6.45) is 11.0. The van der Waals surface area contributed by atoms with Gasteiger partial charge in [0.25, 0.3) is 0 Å². The predicted octanol–water partition coefficient (Wildman–Crippen LogP) is 9.32. The van der Waals surface area contributed by atoms with Crippen LogP contribution >= 0.6 is 29.8 Å². The molecule has 1 aliphatic heterocycles. The molecule has 0 nitrogen and oxygen atoms in total. The van der Waals surface area contributed by atoms with Crippen molar-refractivity contribution in [2.45, 2.75) is 38.5 Å². The number of hydrogen-bond donors (Lipinski definition) is 0. The summed E-state index contributed by atoms with van der Waals surface area (Å²) < 4.78 is 0. The van der Waals surface area contributed by atoms with Crippen LogP contribution < -0.4 is 21.2 Å². The Kier molecular flexibility index (Phi) is 10.2. The second-order valence-corrected chi connectivity index (χ2v) is 24.6. The third-order valence-corrected chi connectivity index (χ3v) is 30.3. The maximum Gasteiger partial charge on any atom is -0.0111 e. The molecule has 1 fully saturated rings. The highest BCUT2D eigenvalue weighted by Gasteiger charge is 2.37. The molecule has 0 N–H and O–H groups in total. The maximum atomic E-state index is 2.46. The second-order valence-electron chi connectivity index (χ2n) is 9.29. The molecule has 4 heteroatoms. The van der Waals surface area contributed by atoms with Crippen LogP contribution in [-0.4, -0.2) is 12.3 Å². The zero-order chi connectivity index (χ0) is 24.4. The maximum absolute atomic E-state index is 2.46. The molecule has 1 saturated heterocycles. The van der Waals surface area contributed by atoms with Crippen molar-refractivity contribution in [1.29, 1.82) is 0 Å². The summed E-state index contributed by atoms with van der Waals surface area (Å²) in [7, 11) is -1.23. The highest BCUT2D eigenvalue weighted by Crippen LogP contribution is 2.94. The molecular weight excluding hydrogens is 508 g/mol. The Bertz CT molecular complexity index is 1060. The molecule has 0 amide bonds. The Balaban J connectivity index is 1.72. The molecule has 0 spiro atoms. The first-order valence-corrected chi connectivity index (χ1v) is 21.1. The van der Waals surface area contributed by atoms with E-state index >= 15 is 0 Å². The molecule has 1 heterocycles. The van der Waals surface area contributed by atoms with Crippen LogP contribution in [0.4, 0.5) is 0 Å². The molecule has 0 aromatic heterocycles. The highest BCUT2D eigenvalue weighted by atomic mass is 32.7. The molecule has 0 bridgehead atoms. The van der Waals surface area contributed by atoms with Crippen molar-refractivity contribution in [3.8, 4) is 0 Å². The van der Waals surface area contributed by atoms with E-state index in [1.807, 2.05) is 0 Å². The summed E-state index contributed by atoms with van der Waals surface area (Å²) in [5.41, 5.74) is 0. The van der Waals surface area contributed by atoms with Crippen LogP contribution in [0, 0.1) is 0 Å². The Hall–Kier alpha value is -1.40. The van der Waals surface area contributed by atoms with Crippen molar-refractivity contribution in [2.24, 2.45) is 0 Å². The van der Waals surface area contributed by atoms with Crippen molar-refractivity contribution in [3.63, 3.8) is 0 Å². The van der Waals surface area contributed by atoms with Gasteiger partial charge in [0.2, 0.25) is 0 Å². The quantitative estimate of drug-likeness (QED) is 0.225. The van der Waals surface area contributed by atoms with Gasteiger partial charge < -0.3 is 0 Å². The average Bonchev–Trinajstić information content (AvgIpc) is 2.95. The van der Waals surface area contributed by atoms with E-state index in [1.54, 1.807) is 21.2 Å². The molecule has 5 rings (SSSR count). The van der Waals surface area contributed by atoms with Gasteiger partial charge in [0.15, 0.2) is 0 Å². The fraction of sp³-hybridized carbons (Fsp3) is 0.250. The molecule has 4 atom stereocenters. The molecular formula is C32H36P4. The number of benzene rings is 4. The Morgan fingerprint density at radius 2 is 0.583 bits per heavy atom. The summed E-state index contributed by atoms with van der Waals surface area (Å²) in [6, 6.07) is 46.7. The van der Waals surface area contributed by atoms with Crippen LogP contribution in [-0.2, 0) is 0 Å². The van der Waals surface area contributed by atoms with Crippen LogP contribution in [0.25, 0.3) is 0 Å². The average molecular weight is 545 g/mol. The topological polar surface area (TPSA) is 0 Å². The fourth-order valence-corrected chi connectivity index (χ4v) is 34.7. The van der Waals surface area contributed by atoms with Crippen molar-refractivity contribution in [3.05, 3.63) is 121 Å². The van der Waals surface area contributed by atoms with Gasteiger partial charge in [0.1, 0.15) is 0 Å². The van der Waals surface area contributed by atoms with Crippen LogP contribution in [0.5, 0.6) is 0 Å². The van der Waals surface area contributed by atoms with E-state index in [0.717, 1.165) is 0 Å². The molecule has 0 aliphatic carbocycles. The smallest absolute Gasteiger partial charge is 0.0111 e. The first-order chi connectivity index (χ1) is 17.9. The van der Waals surface area contributed by atoms with Gasteiger partial charge in [-0.2, -0.15) is 0 Å². The summed E-state index contributed by atoms with van der Waals surface area (Å²) in [4.78, 5) is 0. The lowest BCUT2D eigenvalue weighted by Crippen LogP contribution is -2.14. The number of rotatable bonds is 4. The van der Waals surface area contributed by atoms with Crippen molar-refractivity contribution in [1.82, 2.24) is 0 Å². The van der Waals surface area contributed by atoms with Gasteiger partial charge in [0, 0.05) is 0 Å². The zero-order valence-electron chi connectivity index (χ0n) is 21.0. The summed E-state index contributed by atoms with van der Waals surface area (Å²) in [5.74, 6) is 0. The molecule has 4 unspecified atom stereocenters. The van der Waals surface area contributed by atoms with Crippen LogP contribution in [0.3, 0.4) is 0 Å². The summed E-state index contributed by atoms with van der Waals surface area (Å²) in [5, 5.41) is 6.48. The van der Waals surface area contributed by atoms with Gasteiger partial charge >= 0.3 is 0 Å². The van der Waals surface area contributed by atoms with E-state index in [4.69, 9.17) is 0 Å². The minimum atomic E-state index is -0.344. The first-order valence-electron chi connectivity index (χ1n) is 13.3. The summed E-state index contributed by atoms with van der Waals surface area (Å²) >= 11 is 0. The fourth-order valence-electron chi connectivity index (χ4n) is 4.92. The zero-order valence-corrected chi connectivity index (χ0v) is 24.6. The molecule has 36 heavy (non-hydrogen) atoms. The van der Waals surface area contributed by atoms with E-state index in [1.165, 1.54) is 50.8 Å². The SMILES string of the molecule is c1ccc(P2CCCCCCCCP(c3ccccc3)P(c3ccccc3)P2c2ccccc2)cc1. The van der Waals surface area contributed by atoms with Crippen LogP contribution in [0.1, 0.15) is 38.5 Å². The van der Waals surface area contributed by atoms with E-state index in [9.17, 15) is 0 Å². The largest absolute Gasteiger partial charge is 0.0622 e. The van der Waals surface area contributed by atoms with Crippen molar-refractivity contribution >= 4 is 51.0 Å². The Morgan fingerprint density at radius 1 is 0.306 bits per heavy atom. The van der Waals surface area contributed by atoms with Gasteiger partial charge in [-0.3, -0.25) is 0 Å². The van der Waals surface area contributed by atoms with Crippen LogP contribution in [0.2, 0.25) is 0 Å². The van der Waals surface area contributed by atoms with Crippen molar-refractivity contribution in [2.75, 3.05) is 12.3 Å². The predicted molar refractivity (Wildman–Crippen MR) is 169 cm³/mol. The lowest BCUT2D eigenvalue weighted by Gasteiger charge is -2.41. The third kappa shape index (κ3) is 6.72.